The molecule has 5 heteroatoms. The second-order valence-electron chi connectivity index (χ2n) is 4.54. The van der Waals surface area contributed by atoms with Gasteiger partial charge in [-0.3, -0.25) is 4.79 Å². The number of carbonyl (C=O) groups excluding carboxylic acids is 1. The standard InChI is InChI=1S/C14H23N3OS/c1-5-19-13-8-6-7-12(11(13)9-15)17(4)10-14(18)16(2)3/h6-8H,5,9-10,15H2,1-4H3. The highest BCUT2D eigenvalue weighted by Gasteiger charge is 2.14. The molecule has 0 bridgehead atoms. The van der Waals surface area contributed by atoms with Gasteiger partial charge in [0.05, 0.1) is 6.54 Å². The van der Waals surface area contributed by atoms with Crippen LogP contribution in [0, 0.1) is 0 Å². The van der Waals surface area contributed by atoms with Gasteiger partial charge in [-0.25, -0.2) is 0 Å². The molecule has 0 spiro atoms. The molecular formula is C14H23N3OS. The lowest BCUT2D eigenvalue weighted by Crippen LogP contribution is -2.34. The summed E-state index contributed by atoms with van der Waals surface area (Å²) in [6.45, 7) is 2.97. The first-order valence-corrected chi connectivity index (χ1v) is 7.35. The van der Waals surface area contributed by atoms with E-state index in [1.54, 1.807) is 30.8 Å². The summed E-state index contributed by atoms with van der Waals surface area (Å²) >= 11 is 1.78. The topological polar surface area (TPSA) is 49.6 Å². The SMILES string of the molecule is CCSc1cccc(N(C)CC(=O)N(C)C)c1CN. The first-order valence-electron chi connectivity index (χ1n) is 6.37. The molecule has 0 aliphatic carbocycles. The number of nitrogens with zero attached hydrogens (tertiary/aromatic N) is 2. The molecule has 1 amide bonds. The van der Waals surface area contributed by atoms with Crippen molar-refractivity contribution in [2.24, 2.45) is 5.73 Å². The van der Waals surface area contributed by atoms with Crippen LogP contribution in [0.3, 0.4) is 0 Å². The lowest BCUT2D eigenvalue weighted by atomic mass is 10.1. The molecule has 19 heavy (non-hydrogen) atoms. The maximum absolute atomic E-state index is 11.8. The van der Waals surface area contributed by atoms with E-state index >= 15 is 0 Å². The third-order valence-electron chi connectivity index (χ3n) is 2.89. The molecule has 0 saturated carbocycles. The Balaban J connectivity index is 2.98. The maximum Gasteiger partial charge on any atom is 0.241 e. The molecular weight excluding hydrogens is 258 g/mol. The fourth-order valence-electron chi connectivity index (χ4n) is 1.84. The Morgan fingerprint density at radius 2 is 2.00 bits per heavy atom. The summed E-state index contributed by atoms with van der Waals surface area (Å²) < 4.78 is 0. The van der Waals surface area contributed by atoms with Crippen molar-refractivity contribution in [1.82, 2.24) is 4.90 Å². The van der Waals surface area contributed by atoms with Crippen LogP contribution in [0.25, 0.3) is 0 Å². The number of carbonyl (C=O) groups is 1. The lowest BCUT2D eigenvalue weighted by molar-refractivity contribution is -0.127. The van der Waals surface area contributed by atoms with Crippen molar-refractivity contribution in [2.75, 3.05) is 38.3 Å². The predicted octanol–water partition coefficient (Wildman–Crippen LogP) is 1.78. The highest BCUT2D eigenvalue weighted by Crippen LogP contribution is 2.30. The smallest absolute Gasteiger partial charge is 0.241 e. The molecule has 1 rings (SSSR count). The van der Waals surface area contributed by atoms with Crippen LogP contribution >= 0.6 is 11.8 Å². The molecule has 0 aromatic heterocycles. The van der Waals surface area contributed by atoms with E-state index in [9.17, 15) is 4.79 Å². The average Bonchev–Trinajstić information content (AvgIpc) is 2.38. The van der Waals surface area contributed by atoms with Crippen LogP contribution in [0.1, 0.15) is 12.5 Å². The maximum atomic E-state index is 11.8. The van der Waals surface area contributed by atoms with Gasteiger partial charge in [0, 0.05) is 43.8 Å². The molecule has 0 radical (unpaired) electrons. The Labute approximate surface area is 119 Å². The van der Waals surface area contributed by atoms with E-state index in [1.807, 2.05) is 24.1 Å². The van der Waals surface area contributed by atoms with Crippen molar-refractivity contribution in [2.45, 2.75) is 18.4 Å². The van der Waals surface area contributed by atoms with Crippen molar-refractivity contribution < 1.29 is 4.79 Å². The number of benzene rings is 1. The molecule has 0 saturated heterocycles. The van der Waals surface area contributed by atoms with E-state index in [0.717, 1.165) is 17.0 Å². The highest BCUT2D eigenvalue weighted by molar-refractivity contribution is 7.99. The van der Waals surface area contributed by atoms with Crippen molar-refractivity contribution in [3.05, 3.63) is 23.8 Å². The second kappa shape index (κ2) is 7.40. The first kappa shape index (κ1) is 15.9. The third-order valence-corrected chi connectivity index (χ3v) is 3.88. The van der Waals surface area contributed by atoms with Crippen molar-refractivity contribution in [1.29, 1.82) is 0 Å². The summed E-state index contributed by atoms with van der Waals surface area (Å²) in [5.74, 6) is 1.09. The third kappa shape index (κ3) is 4.14. The minimum atomic E-state index is 0.0824. The number of hydrogen-bond donors (Lipinski definition) is 1. The zero-order chi connectivity index (χ0) is 14.4. The monoisotopic (exact) mass is 281 g/mol. The molecule has 0 fully saturated rings. The van der Waals surface area contributed by atoms with Crippen LogP contribution < -0.4 is 10.6 Å². The van der Waals surface area contributed by atoms with Gasteiger partial charge in [-0.2, -0.15) is 0 Å². The minimum Gasteiger partial charge on any atom is -0.365 e. The van der Waals surface area contributed by atoms with Crippen LogP contribution in [0.5, 0.6) is 0 Å². The lowest BCUT2D eigenvalue weighted by Gasteiger charge is -2.24. The minimum absolute atomic E-state index is 0.0824. The Morgan fingerprint density at radius 3 is 2.53 bits per heavy atom. The molecule has 1 aromatic rings. The molecule has 1 aromatic carbocycles. The molecule has 0 unspecified atom stereocenters. The molecule has 0 aliphatic rings. The number of nitrogens with two attached hydrogens (primary N) is 1. The fourth-order valence-corrected chi connectivity index (χ4v) is 2.68. The van der Waals surface area contributed by atoms with Gasteiger partial charge in [-0.1, -0.05) is 13.0 Å². The quantitative estimate of drug-likeness (QED) is 0.808. The van der Waals surface area contributed by atoms with Gasteiger partial charge in [-0.15, -0.1) is 11.8 Å². The molecule has 106 valence electrons. The molecule has 0 atom stereocenters. The van der Waals surface area contributed by atoms with Crippen LogP contribution in [-0.2, 0) is 11.3 Å². The molecule has 2 N–H and O–H groups in total. The van der Waals surface area contributed by atoms with Crippen LogP contribution in [0.2, 0.25) is 0 Å². The second-order valence-corrected chi connectivity index (χ2v) is 5.84. The van der Waals surface area contributed by atoms with E-state index < -0.39 is 0 Å². The predicted molar refractivity (Wildman–Crippen MR) is 82.7 cm³/mol. The number of hydrogen-bond acceptors (Lipinski definition) is 4. The summed E-state index contributed by atoms with van der Waals surface area (Å²) in [4.78, 5) is 16.5. The Hall–Kier alpha value is -1.20. The Bertz CT molecular complexity index is 435. The summed E-state index contributed by atoms with van der Waals surface area (Å²) in [5.41, 5.74) is 8.03. The summed E-state index contributed by atoms with van der Waals surface area (Å²) in [5, 5.41) is 0. The van der Waals surface area contributed by atoms with Crippen LogP contribution in [-0.4, -0.2) is 44.2 Å². The number of amides is 1. The van der Waals surface area contributed by atoms with E-state index in [4.69, 9.17) is 5.73 Å². The zero-order valence-corrected chi connectivity index (χ0v) is 13.0. The van der Waals surface area contributed by atoms with E-state index in [1.165, 1.54) is 4.90 Å². The van der Waals surface area contributed by atoms with Crippen LogP contribution in [0.4, 0.5) is 5.69 Å². The number of rotatable bonds is 6. The number of anilines is 1. The Morgan fingerprint density at radius 1 is 1.32 bits per heavy atom. The van der Waals surface area contributed by atoms with Gasteiger partial charge in [-0.05, 0) is 17.9 Å². The van der Waals surface area contributed by atoms with Gasteiger partial charge in [0.2, 0.25) is 5.91 Å². The van der Waals surface area contributed by atoms with E-state index in [-0.39, 0.29) is 5.91 Å². The fraction of sp³-hybridized carbons (Fsp3) is 0.500. The average molecular weight is 281 g/mol. The van der Waals surface area contributed by atoms with E-state index in [2.05, 4.69) is 13.0 Å². The molecule has 4 nitrogen and oxygen atoms in total. The van der Waals surface area contributed by atoms with Crippen LogP contribution in [0.15, 0.2) is 23.1 Å². The summed E-state index contributed by atoms with van der Waals surface area (Å²) in [7, 11) is 5.46. The van der Waals surface area contributed by atoms with Crippen molar-refractivity contribution in [3.8, 4) is 0 Å². The Kier molecular flexibility index (Phi) is 6.18. The highest BCUT2D eigenvalue weighted by atomic mass is 32.2. The summed E-state index contributed by atoms with van der Waals surface area (Å²) in [6, 6.07) is 6.12. The normalized spacial score (nSPS) is 10.4. The largest absolute Gasteiger partial charge is 0.365 e. The van der Waals surface area contributed by atoms with Gasteiger partial charge < -0.3 is 15.5 Å². The number of likely N-dealkylation sites (N-methyl/N-ethyl adjacent to an activating group) is 2. The molecule has 0 aliphatic heterocycles. The number of thioether (sulfide) groups is 1. The van der Waals surface area contributed by atoms with Gasteiger partial charge in [0.15, 0.2) is 0 Å². The van der Waals surface area contributed by atoms with Gasteiger partial charge in [0.1, 0.15) is 0 Å². The van der Waals surface area contributed by atoms with E-state index in [0.29, 0.717) is 13.1 Å². The first-order chi connectivity index (χ1) is 9.01. The van der Waals surface area contributed by atoms with Gasteiger partial charge >= 0.3 is 0 Å². The summed E-state index contributed by atoms with van der Waals surface area (Å²) in [6.07, 6.45) is 0. The molecule has 0 heterocycles. The zero-order valence-electron chi connectivity index (χ0n) is 12.1. The van der Waals surface area contributed by atoms with Gasteiger partial charge in [0.25, 0.3) is 0 Å². The van der Waals surface area contributed by atoms with Crippen molar-refractivity contribution in [3.63, 3.8) is 0 Å². The van der Waals surface area contributed by atoms with Crippen molar-refractivity contribution >= 4 is 23.4 Å².